The zero-order chi connectivity index (χ0) is 10.0. The molecule has 0 aromatic rings. The van der Waals surface area contributed by atoms with Crippen molar-refractivity contribution in [2.75, 3.05) is 25.4 Å². The van der Waals surface area contributed by atoms with Crippen LogP contribution in [0.3, 0.4) is 0 Å². The molecule has 2 aliphatic heterocycles. The summed E-state index contributed by atoms with van der Waals surface area (Å²) in [5.41, 5.74) is 0. The zero-order valence-corrected chi connectivity index (χ0v) is 9.22. The Labute approximate surface area is 85.7 Å². The van der Waals surface area contributed by atoms with Crippen molar-refractivity contribution in [2.24, 2.45) is 0 Å². The van der Waals surface area contributed by atoms with Gasteiger partial charge >= 0.3 is 0 Å². The van der Waals surface area contributed by atoms with Crippen molar-refractivity contribution in [2.45, 2.75) is 31.7 Å². The molecule has 2 rings (SSSR count). The first kappa shape index (κ1) is 10.4. The fraction of sp³-hybridized carbons (Fsp3) is 1.00. The van der Waals surface area contributed by atoms with Crippen LogP contribution in [0.5, 0.6) is 0 Å². The van der Waals surface area contributed by atoms with E-state index in [1.165, 1.54) is 0 Å². The van der Waals surface area contributed by atoms with E-state index in [9.17, 15) is 8.42 Å². The topological polar surface area (TPSA) is 49.4 Å². The molecule has 4 nitrogen and oxygen atoms in total. The van der Waals surface area contributed by atoms with Crippen LogP contribution in [0.4, 0.5) is 0 Å². The third-order valence-electron chi connectivity index (χ3n) is 3.03. The average molecular weight is 218 g/mol. The third-order valence-corrected chi connectivity index (χ3v) is 5.01. The summed E-state index contributed by atoms with van der Waals surface area (Å²) in [7, 11) is -2.97. The maximum Gasteiger partial charge on any atom is 0.215 e. The average Bonchev–Trinajstić information content (AvgIpc) is 2.71. The summed E-state index contributed by atoms with van der Waals surface area (Å²) in [6, 6.07) is 0.195. The molecule has 2 heterocycles. The summed E-state index contributed by atoms with van der Waals surface area (Å²) in [5.74, 6) is 0.299. The smallest absolute Gasteiger partial charge is 0.215 e. The van der Waals surface area contributed by atoms with E-state index < -0.39 is 10.0 Å². The Bertz CT molecular complexity index is 277. The SMILES string of the molecule is O=S(=O)(CC1CCCN1)N1CCCC1. The minimum absolute atomic E-state index is 0.195. The van der Waals surface area contributed by atoms with Gasteiger partial charge in [-0.3, -0.25) is 0 Å². The molecule has 1 unspecified atom stereocenters. The second kappa shape index (κ2) is 4.16. The van der Waals surface area contributed by atoms with E-state index in [1.54, 1.807) is 4.31 Å². The zero-order valence-electron chi connectivity index (χ0n) is 8.41. The highest BCUT2D eigenvalue weighted by Crippen LogP contribution is 2.16. The molecule has 2 aliphatic rings. The van der Waals surface area contributed by atoms with Crippen LogP contribution >= 0.6 is 0 Å². The van der Waals surface area contributed by atoms with Crippen molar-refractivity contribution in [1.82, 2.24) is 9.62 Å². The number of nitrogens with zero attached hydrogens (tertiary/aromatic N) is 1. The first-order valence-electron chi connectivity index (χ1n) is 5.40. The van der Waals surface area contributed by atoms with Crippen LogP contribution in [-0.2, 0) is 10.0 Å². The molecule has 2 fully saturated rings. The maximum atomic E-state index is 11.9. The molecule has 0 aromatic carbocycles. The molecule has 0 spiro atoms. The van der Waals surface area contributed by atoms with Gasteiger partial charge in [-0.15, -0.1) is 0 Å². The quantitative estimate of drug-likeness (QED) is 0.734. The Kier molecular flexibility index (Phi) is 3.09. The molecule has 0 amide bonds. The van der Waals surface area contributed by atoms with Gasteiger partial charge < -0.3 is 5.32 Å². The third kappa shape index (κ3) is 2.27. The predicted molar refractivity (Wildman–Crippen MR) is 55.6 cm³/mol. The first-order valence-corrected chi connectivity index (χ1v) is 7.00. The highest BCUT2D eigenvalue weighted by atomic mass is 32.2. The number of hydrogen-bond donors (Lipinski definition) is 1. The van der Waals surface area contributed by atoms with E-state index in [0.717, 1.165) is 45.3 Å². The second-order valence-electron chi connectivity index (χ2n) is 4.18. The van der Waals surface area contributed by atoms with Gasteiger partial charge in [0, 0.05) is 19.1 Å². The van der Waals surface area contributed by atoms with Gasteiger partial charge in [0.05, 0.1) is 5.75 Å². The molecule has 1 N–H and O–H groups in total. The largest absolute Gasteiger partial charge is 0.313 e. The van der Waals surface area contributed by atoms with Crippen LogP contribution in [0.1, 0.15) is 25.7 Å². The summed E-state index contributed by atoms with van der Waals surface area (Å²) >= 11 is 0. The fourth-order valence-electron chi connectivity index (χ4n) is 2.22. The van der Waals surface area contributed by atoms with Crippen molar-refractivity contribution in [3.05, 3.63) is 0 Å². The lowest BCUT2D eigenvalue weighted by Crippen LogP contribution is -2.38. The molecule has 0 radical (unpaired) electrons. The van der Waals surface area contributed by atoms with Gasteiger partial charge in [0.2, 0.25) is 10.0 Å². The Morgan fingerprint density at radius 3 is 2.50 bits per heavy atom. The van der Waals surface area contributed by atoms with E-state index >= 15 is 0 Å². The van der Waals surface area contributed by atoms with Crippen molar-refractivity contribution >= 4 is 10.0 Å². The van der Waals surface area contributed by atoms with Crippen molar-refractivity contribution < 1.29 is 8.42 Å². The predicted octanol–water partition coefficient (Wildman–Crippen LogP) is 0.164. The molecule has 82 valence electrons. The Morgan fingerprint density at radius 2 is 1.93 bits per heavy atom. The summed E-state index contributed by atoms with van der Waals surface area (Å²) in [4.78, 5) is 0. The lowest BCUT2D eigenvalue weighted by atomic mass is 10.3. The Hall–Kier alpha value is -0.130. The van der Waals surface area contributed by atoms with E-state index in [-0.39, 0.29) is 6.04 Å². The molecule has 0 aromatic heterocycles. The van der Waals surface area contributed by atoms with Crippen LogP contribution in [-0.4, -0.2) is 44.2 Å². The van der Waals surface area contributed by atoms with Gasteiger partial charge in [0.15, 0.2) is 0 Å². The van der Waals surface area contributed by atoms with Crippen molar-refractivity contribution in [3.8, 4) is 0 Å². The molecule has 0 aliphatic carbocycles. The van der Waals surface area contributed by atoms with E-state index in [2.05, 4.69) is 5.32 Å². The van der Waals surface area contributed by atoms with E-state index in [0.29, 0.717) is 5.75 Å². The van der Waals surface area contributed by atoms with Crippen molar-refractivity contribution in [3.63, 3.8) is 0 Å². The Morgan fingerprint density at radius 1 is 1.21 bits per heavy atom. The number of nitrogens with one attached hydrogen (secondary N) is 1. The van der Waals surface area contributed by atoms with Crippen LogP contribution in [0, 0.1) is 0 Å². The highest BCUT2D eigenvalue weighted by molar-refractivity contribution is 7.89. The standard InChI is InChI=1S/C9H18N2O2S/c12-14(13,11-6-1-2-7-11)8-9-4-3-5-10-9/h9-10H,1-8H2. The van der Waals surface area contributed by atoms with E-state index in [4.69, 9.17) is 0 Å². The van der Waals surface area contributed by atoms with E-state index in [1.807, 2.05) is 0 Å². The number of hydrogen-bond acceptors (Lipinski definition) is 3. The molecule has 0 bridgehead atoms. The number of sulfonamides is 1. The normalized spacial score (nSPS) is 29.9. The highest BCUT2D eigenvalue weighted by Gasteiger charge is 2.29. The lowest BCUT2D eigenvalue weighted by Gasteiger charge is -2.18. The Balaban J connectivity index is 1.93. The summed E-state index contributed by atoms with van der Waals surface area (Å²) in [6.45, 7) is 2.43. The molecular formula is C9H18N2O2S. The van der Waals surface area contributed by atoms with Gasteiger partial charge in [-0.05, 0) is 32.2 Å². The molecule has 5 heteroatoms. The second-order valence-corrected chi connectivity index (χ2v) is 6.19. The lowest BCUT2D eigenvalue weighted by molar-refractivity contribution is 0.469. The first-order chi connectivity index (χ1) is 6.68. The van der Waals surface area contributed by atoms with Crippen LogP contribution in [0.15, 0.2) is 0 Å². The van der Waals surface area contributed by atoms with Crippen LogP contribution in [0.25, 0.3) is 0 Å². The molecular weight excluding hydrogens is 200 g/mol. The fourth-order valence-corrected chi connectivity index (χ4v) is 4.04. The van der Waals surface area contributed by atoms with Gasteiger partial charge in [-0.2, -0.15) is 0 Å². The summed E-state index contributed by atoms with van der Waals surface area (Å²) < 4.78 is 25.4. The number of rotatable bonds is 3. The maximum absolute atomic E-state index is 11.9. The molecule has 0 saturated carbocycles. The van der Waals surface area contributed by atoms with Gasteiger partial charge in [0.1, 0.15) is 0 Å². The minimum Gasteiger partial charge on any atom is -0.313 e. The van der Waals surface area contributed by atoms with Gasteiger partial charge in [-0.1, -0.05) is 0 Å². The van der Waals surface area contributed by atoms with Crippen LogP contribution < -0.4 is 5.32 Å². The van der Waals surface area contributed by atoms with Crippen molar-refractivity contribution in [1.29, 1.82) is 0 Å². The van der Waals surface area contributed by atoms with Crippen LogP contribution in [0.2, 0.25) is 0 Å². The molecule has 2 saturated heterocycles. The molecule has 1 atom stereocenters. The monoisotopic (exact) mass is 218 g/mol. The summed E-state index contributed by atoms with van der Waals surface area (Å²) in [6.07, 6.45) is 4.17. The van der Waals surface area contributed by atoms with Gasteiger partial charge in [0.25, 0.3) is 0 Å². The minimum atomic E-state index is -2.97. The van der Waals surface area contributed by atoms with Gasteiger partial charge in [-0.25, -0.2) is 12.7 Å². The molecule has 14 heavy (non-hydrogen) atoms. The summed E-state index contributed by atoms with van der Waals surface area (Å²) in [5, 5.41) is 3.23.